The number of rotatable bonds is 2. The summed E-state index contributed by atoms with van der Waals surface area (Å²) >= 11 is 0. The van der Waals surface area contributed by atoms with Crippen LogP contribution in [-0.2, 0) is 7.05 Å². The molecule has 1 aromatic rings. The highest BCUT2D eigenvalue weighted by Crippen LogP contribution is 2.32. The summed E-state index contributed by atoms with van der Waals surface area (Å²) in [6.45, 7) is 5.67. The highest BCUT2D eigenvalue weighted by molar-refractivity contribution is 5.13. The van der Waals surface area contributed by atoms with Crippen molar-refractivity contribution in [2.75, 3.05) is 6.54 Å². The van der Waals surface area contributed by atoms with E-state index < -0.39 is 0 Å². The molecule has 0 radical (unpaired) electrons. The Kier molecular flexibility index (Phi) is 2.59. The zero-order valence-electron chi connectivity index (χ0n) is 9.20. The van der Waals surface area contributed by atoms with E-state index in [4.69, 9.17) is 0 Å². The molecule has 0 spiro atoms. The van der Waals surface area contributed by atoms with Gasteiger partial charge in [-0.05, 0) is 18.9 Å². The van der Waals surface area contributed by atoms with Gasteiger partial charge in [-0.1, -0.05) is 13.8 Å². The first-order valence-electron chi connectivity index (χ1n) is 5.43. The molecule has 1 fully saturated rings. The van der Waals surface area contributed by atoms with Gasteiger partial charge in [-0.3, -0.25) is 0 Å². The Morgan fingerprint density at radius 1 is 1.64 bits per heavy atom. The Hall–Kier alpha value is -0.830. The van der Waals surface area contributed by atoms with Crippen molar-refractivity contribution in [1.82, 2.24) is 14.9 Å². The van der Waals surface area contributed by atoms with Crippen LogP contribution in [0.4, 0.5) is 0 Å². The second kappa shape index (κ2) is 3.73. The minimum absolute atomic E-state index is 0.598. The normalized spacial score (nSPS) is 32.4. The Balaban J connectivity index is 2.22. The molecular weight excluding hydrogens is 174 g/mol. The molecule has 1 aliphatic rings. The fourth-order valence-corrected chi connectivity index (χ4v) is 2.49. The minimum atomic E-state index is 0.598. The van der Waals surface area contributed by atoms with E-state index in [1.165, 1.54) is 12.1 Å². The standard InChI is InChI=1S/C11H19N3/c1-4-9-11(8(2)5-12-9)10-6-14(3)7-13-10/h6-9,11-12H,4-5H2,1-3H3. The Morgan fingerprint density at radius 3 is 3.00 bits per heavy atom. The molecule has 0 aromatic carbocycles. The first kappa shape index (κ1) is 9.71. The molecule has 0 saturated carbocycles. The van der Waals surface area contributed by atoms with Gasteiger partial charge in [-0.2, -0.15) is 0 Å². The predicted molar refractivity (Wildman–Crippen MR) is 57.2 cm³/mol. The van der Waals surface area contributed by atoms with Crippen LogP contribution in [0.3, 0.4) is 0 Å². The molecule has 0 amide bonds. The van der Waals surface area contributed by atoms with Gasteiger partial charge >= 0.3 is 0 Å². The van der Waals surface area contributed by atoms with Gasteiger partial charge in [0.2, 0.25) is 0 Å². The van der Waals surface area contributed by atoms with Crippen LogP contribution in [-0.4, -0.2) is 22.1 Å². The van der Waals surface area contributed by atoms with E-state index in [-0.39, 0.29) is 0 Å². The zero-order chi connectivity index (χ0) is 10.1. The van der Waals surface area contributed by atoms with Crippen molar-refractivity contribution in [2.45, 2.75) is 32.2 Å². The van der Waals surface area contributed by atoms with E-state index in [1.54, 1.807) is 0 Å². The van der Waals surface area contributed by atoms with Crippen LogP contribution in [0.1, 0.15) is 31.9 Å². The maximum absolute atomic E-state index is 4.47. The van der Waals surface area contributed by atoms with Crippen molar-refractivity contribution < 1.29 is 0 Å². The summed E-state index contributed by atoms with van der Waals surface area (Å²) in [5.41, 5.74) is 1.25. The fraction of sp³-hybridized carbons (Fsp3) is 0.727. The third-order valence-corrected chi connectivity index (χ3v) is 3.25. The summed E-state index contributed by atoms with van der Waals surface area (Å²) in [4.78, 5) is 4.47. The summed E-state index contributed by atoms with van der Waals surface area (Å²) in [5.74, 6) is 1.30. The quantitative estimate of drug-likeness (QED) is 0.772. The number of hydrogen-bond donors (Lipinski definition) is 1. The largest absolute Gasteiger partial charge is 0.340 e. The van der Waals surface area contributed by atoms with Crippen molar-refractivity contribution in [1.29, 1.82) is 0 Å². The van der Waals surface area contributed by atoms with E-state index in [0.29, 0.717) is 17.9 Å². The Morgan fingerprint density at radius 2 is 2.43 bits per heavy atom. The molecular formula is C11H19N3. The van der Waals surface area contributed by atoms with Crippen LogP contribution in [0.15, 0.2) is 12.5 Å². The van der Waals surface area contributed by atoms with Crippen LogP contribution in [0.25, 0.3) is 0 Å². The molecule has 1 aliphatic heterocycles. The molecule has 1 saturated heterocycles. The Bertz CT molecular complexity index is 305. The third-order valence-electron chi connectivity index (χ3n) is 3.25. The molecule has 2 heterocycles. The van der Waals surface area contributed by atoms with Crippen LogP contribution in [0, 0.1) is 5.92 Å². The molecule has 2 rings (SSSR count). The van der Waals surface area contributed by atoms with Crippen molar-refractivity contribution >= 4 is 0 Å². The number of imidazole rings is 1. The van der Waals surface area contributed by atoms with Gasteiger partial charge < -0.3 is 9.88 Å². The lowest BCUT2D eigenvalue weighted by Crippen LogP contribution is -2.25. The molecule has 0 aliphatic carbocycles. The van der Waals surface area contributed by atoms with Gasteiger partial charge in [0.05, 0.1) is 12.0 Å². The first-order valence-corrected chi connectivity index (χ1v) is 5.43. The van der Waals surface area contributed by atoms with Gasteiger partial charge in [0.1, 0.15) is 0 Å². The SMILES string of the molecule is CCC1NCC(C)C1c1cn(C)cn1. The maximum Gasteiger partial charge on any atom is 0.0946 e. The summed E-state index contributed by atoms with van der Waals surface area (Å²) in [6, 6.07) is 0.611. The molecule has 14 heavy (non-hydrogen) atoms. The number of aryl methyl sites for hydroxylation is 1. The highest BCUT2D eigenvalue weighted by atomic mass is 15.0. The molecule has 1 N–H and O–H groups in total. The molecule has 0 bridgehead atoms. The predicted octanol–water partition coefficient (Wildman–Crippen LogP) is 1.52. The smallest absolute Gasteiger partial charge is 0.0946 e. The first-order chi connectivity index (χ1) is 6.72. The monoisotopic (exact) mass is 193 g/mol. The highest BCUT2D eigenvalue weighted by Gasteiger charge is 2.34. The van der Waals surface area contributed by atoms with E-state index >= 15 is 0 Å². The van der Waals surface area contributed by atoms with E-state index in [2.05, 4.69) is 30.3 Å². The van der Waals surface area contributed by atoms with Gasteiger partial charge in [0.25, 0.3) is 0 Å². The second-order valence-corrected chi connectivity index (χ2v) is 4.39. The average molecular weight is 193 g/mol. The van der Waals surface area contributed by atoms with Crippen LogP contribution >= 0.6 is 0 Å². The lowest BCUT2D eigenvalue weighted by Gasteiger charge is -2.18. The van der Waals surface area contributed by atoms with Crippen molar-refractivity contribution in [3.63, 3.8) is 0 Å². The molecule has 1 aromatic heterocycles. The maximum atomic E-state index is 4.47. The van der Waals surface area contributed by atoms with E-state index in [9.17, 15) is 0 Å². The molecule has 3 heteroatoms. The Labute approximate surface area is 85.5 Å². The molecule has 3 atom stereocenters. The van der Waals surface area contributed by atoms with Gasteiger partial charge in [0.15, 0.2) is 0 Å². The number of hydrogen-bond acceptors (Lipinski definition) is 2. The van der Waals surface area contributed by atoms with E-state index in [0.717, 1.165) is 6.54 Å². The van der Waals surface area contributed by atoms with Crippen molar-refractivity contribution in [2.24, 2.45) is 13.0 Å². The zero-order valence-corrected chi connectivity index (χ0v) is 9.20. The second-order valence-electron chi connectivity index (χ2n) is 4.39. The minimum Gasteiger partial charge on any atom is -0.340 e. The van der Waals surface area contributed by atoms with Crippen molar-refractivity contribution in [3.8, 4) is 0 Å². The molecule has 3 nitrogen and oxygen atoms in total. The molecule has 3 unspecified atom stereocenters. The summed E-state index contributed by atoms with van der Waals surface area (Å²) < 4.78 is 2.03. The van der Waals surface area contributed by atoms with Gasteiger partial charge in [-0.15, -0.1) is 0 Å². The van der Waals surface area contributed by atoms with Crippen LogP contribution in [0.2, 0.25) is 0 Å². The average Bonchev–Trinajstić information content (AvgIpc) is 2.71. The number of nitrogens with zero attached hydrogens (tertiary/aromatic N) is 2. The van der Waals surface area contributed by atoms with Gasteiger partial charge in [-0.25, -0.2) is 4.98 Å². The van der Waals surface area contributed by atoms with Crippen LogP contribution in [0.5, 0.6) is 0 Å². The lowest BCUT2D eigenvalue weighted by atomic mass is 9.88. The van der Waals surface area contributed by atoms with Crippen LogP contribution < -0.4 is 5.32 Å². The third kappa shape index (κ3) is 1.57. The summed E-state index contributed by atoms with van der Waals surface area (Å²) in [6.07, 6.45) is 5.23. The van der Waals surface area contributed by atoms with Crippen molar-refractivity contribution in [3.05, 3.63) is 18.2 Å². The summed E-state index contributed by atoms with van der Waals surface area (Å²) in [7, 11) is 2.03. The molecule has 78 valence electrons. The topological polar surface area (TPSA) is 29.9 Å². The summed E-state index contributed by atoms with van der Waals surface area (Å²) in [5, 5.41) is 3.56. The number of aromatic nitrogens is 2. The van der Waals surface area contributed by atoms with Gasteiger partial charge in [0, 0.05) is 25.2 Å². The lowest BCUT2D eigenvalue weighted by molar-refractivity contribution is 0.475. The van der Waals surface area contributed by atoms with E-state index in [1.807, 2.05) is 17.9 Å². The fourth-order valence-electron chi connectivity index (χ4n) is 2.49. The number of nitrogens with one attached hydrogen (secondary N) is 1.